The molecule has 0 aromatic rings. The number of esters is 1. The molecule has 0 saturated carbocycles. The average Bonchev–Trinajstić information content (AvgIpc) is 2.57. The second kappa shape index (κ2) is 11.8. The predicted octanol–water partition coefficient (Wildman–Crippen LogP) is 5.83. The van der Waals surface area contributed by atoms with Gasteiger partial charge in [0, 0.05) is 12.7 Å². The minimum atomic E-state index is -0.336. The molecule has 0 atom stereocenters. The van der Waals surface area contributed by atoms with Crippen molar-refractivity contribution < 1.29 is 14.6 Å². The maximum atomic E-state index is 11.7. The Morgan fingerprint density at radius 3 is 2.59 bits per heavy atom. The number of aliphatic hydroxyl groups excluding tert-OH is 1. The van der Waals surface area contributed by atoms with E-state index < -0.39 is 0 Å². The molecule has 0 saturated heterocycles. The van der Waals surface area contributed by atoms with E-state index in [0.717, 1.165) is 5.57 Å². The first-order valence-corrected chi connectivity index (χ1v) is 9.95. The van der Waals surface area contributed by atoms with Crippen molar-refractivity contribution in [1.29, 1.82) is 0 Å². The molecule has 1 aliphatic carbocycles. The second-order valence-corrected chi connectivity index (χ2v) is 8.02. The van der Waals surface area contributed by atoms with Crippen LogP contribution < -0.4 is 0 Å². The molecule has 0 fully saturated rings. The lowest BCUT2D eigenvalue weighted by Crippen LogP contribution is -2.19. The number of ether oxygens (including phenoxy) is 1. The van der Waals surface area contributed by atoms with E-state index in [9.17, 15) is 4.79 Å². The summed E-state index contributed by atoms with van der Waals surface area (Å²) in [7, 11) is 0. The molecule has 0 radical (unpaired) electrons. The summed E-state index contributed by atoms with van der Waals surface area (Å²) >= 11 is 0. The molecule has 150 valence electrons. The van der Waals surface area contributed by atoms with Gasteiger partial charge in [0.1, 0.15) is 0 Å². The van der Waals surface area contributed by atoms with Crippen molar-refractivity contribution in [1.82, 2.24) is 0 Å². The molecule has 0 aliphatic heterocycles. The maximum absolute atomic E-state index is 11.7. The first kappa shape index (κ1) is 23.2. The first-order chi connectivity index (χ1) is 12.8. The number of aliphatic hydroxyl groups is 1. The zero-order chi connectivity index (χ0) is 20.3. The normalized spacial score (nSPS) is 18.6. The molecule has 1 aliphatic rings. The molecule has 0 bridgehead atoms. The monoisotopic (exact) mass is 372 g/mol. The summed E-state index contributed by atoms with van der Waals surface area (Å²) in [5.41, 5.74) is 5.24. The Bertz CT molecular complexity index is 643. The summed E-state index contributed by atoms with van der Waals surface area (Å²) in [6, 6.07) is 0. The van der Waals surface area contributed by atoms with E-state index in [1.54, 1.807) is 0 Å². The Morgan fingerprint density at radius 1 is 1.19 bits per heavy atom. The average molecular weight is 373 g/mol. The van der Waals surface area contributed by atoms with Crippen LogP contribution in [0.4, 0.5) is 0 Å². The fraction of sp³-hybridized carbons (Fsp3) is 0.542. The molecule has 0 spiro atoms. The number of carbonyl (C=O) groups is 1. The minimum Gasteiger partial charge on any atom is -0.463 e. The van der Waals surface area contributed by atoms with Gasteiger partial charge in [-0.3, -0.25) is 0 Å². The van der Waals surface area contributed by atoms with E-state index in [1.165, 1.54) is 42.1 Å². The largest absolute Gasteiger partial charge is 0.463 e. The molecule has 3 nitrogen and oxygen atoms in total. The third-order valence-electron chi connectivity index (χ3n) is 4.92. The van der Waals surface area contributed by atoms with E-state index in [2.05, 4.69) is 39.8 Å². The summed E-state index contributed by atoms with van der Waals surface area (Å²) in [4.78, 5) is 11.7. The number of rotatable bonds is 9. The molecule has 0 amide bonds. The van der Waals surface area contributed by atoms with Crippen molar-refractivity contribution in [3.63, 3.8) is 0 Å². The van der Waals surface area contributed by atoms with Gasteiger partial charge in [0.15, 0.2) is 0 Å². The van der Waals surface area contributed by atoms with Crippen LogP contribution in [0.1, 0.15) is 66.7 Å². The van der Waals surface area contributed by atoms with Crippen LogP contribution in [0.2, 0.25) is 0 Å². The quantitative estimate of drug-likeness (QED) is 0.240. The van der Waals surface area contributed by atoms with Crippen LogP contribution in [0, 0.1) is 5.41 Å². The number of hydrogen-bond acceptors (Lipinski definition) is 3. The molecule has 27 heavy (non-hydrogen) atoms. The van der Waals surface area contributed by atoms with E-state index in [1.807, 2.05) is 25.2 Å². The lowest BCUT2D eigenvalue weighted by atomic mass is 9.72. The highest BCUT2D eigenvalue weighted by Crippen LogP contribution is 2.40. The summed E-state index contributed by atoms with van der Waals surface area (Å²) in [5.74, 6) is -0.336. The molecular weight excluding hydrogens is 336 g/mol. The highest BCUT2D eigenvalue weighted by Gasteiger charge is 2.26. The molecule has 3 heteroatoms. The van der Waals surface area contributed by atoms with Gasteiger partial charge in [-0.15, -0.1) is 0 Å². The van der Waals surface area contributed by atoms with Gasteiger partial charge in [-0.2, -0.15) is 0 Å². The standard InChI is InChI=1S/C24H36O3/c1-19(13-14-22-21(3)12-9-15-24(22,4)5)10-8-11-20(2)18-23(26)27-17-7-6-16-25/h8,10-11,13-14,18,25H,6-7,9,12,15-17H2,1-5H3/b11-8+,14-13+,19-10+,20-18+. The van der Waals surface area contributed by atoms with Gasteiger partial charge in [-0.05, 0) is 69.4 Å². The SMILES string of the molecule is CC1=C(/C=C/C(C)=C/C=C/C(C)=C/C(=O)OCCCCO)C(C)(C)CCC1. The lowest BCUT2D eigenvalue weighted by Gasteiger charge is -2.32. The first-order valence-electron chi connectivity index (χ1n) is 9.95. The van der Waals surface area contributed by atoms with E-state index in [4.69, 9.17) is 9.84 Å². The number of allylic oxidation sites excluding steroid dienone is 9. The van der Waals surface area contributed by atoms with E-state index in [-0.39, 0.29) is 18.0 Å². The fourth-order valence-electron chi connectivity index (χ4n) is 3.29. The lowest BCUT2D eigenvalue weighted by molar-refractivity contribution is -0.137. The van der Waals surface area contributed by atoms with Crippen molar-refractivity contribution in [2.75, 3.05) is 13.2 Å². The van der Waals surface area contributed by atoms with Gasteiger partial charge in [0.2, 0.25) is 0 Å². The van der Waals surface area contributed by atoms with Gasteiger partial charge < -0.3 is 9.84 Å². The van der Waals surface area contributed by atoms with Crippen molar-refractivity contribution in [3.8, 4) is 0 Å². The molecule has 0 aromatic heterocycles. The Kier molecular flexibility index (Phi) is 10.1. The molecule has 1 rings (SSSR count). The van der Waals surface area contributed by atoms with Crippen LogP contribution in [-0.4, -0.2) is 24.3 Å². The third-order valence-corrected chi connectivity index (χ3v) is 4.92. The smallest absolute Gasteiger partial charge is 0.331 e. The number of carbonyl (C=O) groups excluding carboxylic acids is 1. The van der Waals surface area contributed by atoms with E-state index in [0.29, 0.717) is 19.4 Å². The predicted molar refractivity (Wildman–Crippen MR) is 113 cm³/mol. The van der Waals surface area contributed by atoms with Gasteiger partial charge in [-0.1, -0.05) is 55.4 Å². The second-order valence-electron chi connectivity index (χ2n) is 8.02. The van der Waals surface area contributed by atoms with Crippen LogP contribution in [0.5, 0.6) is 0 Å². The zero-order valence-electron chi connectivity index (χ0n) is 17.7. The van der Waals surface area contributed by atoms with Crippen LogP contribution in [0.25, 0.3) is 0 Å². The van der Waals surface area contributed by atoms with Crippen molar-refractivity contribution >= 4 is 5.97 Å². The van der Waals surface area contributed by atoms with Gasteiger partial charge in [-0.25, -0.2) is 4.79 Å². The highest BCUT2D eigenvalue weighted by molar-refractivity contribution is 5.83. The number of unbranched alkanes of at least 4 members (excludes halogenated alkanes) is 1. The summed E-state index contributed by atoms with van der Waals surface area (Å²) < 4.78 is 5.09. The molecule has 0 heterocycles. The van der Waals surface area contributed by atoms with Crippen LogP contribution in [0.15, 0.2) is 58.7 Å². The van der Waals surface area contributed by atoms with Crippen molar-refractivity contribution in [2.45, 2.75) is 66.7 Å². The van der Waals surface area contributed by atoms with Gasteiger partial charge in [0.05, 0.1) is 6.61 Å². The van der Waals surface area contributed by atoms with Crippen LogP contribution >= 0.6 is 0 Å². The topological polar surface area (TPSA) is 46.5 Å². The summed E-state index contributed by atoms with van der Waals surface area (Å²) in [5, 5.41) is 8.70. The third kappa shape index (κ3) is 9.05. The van der Waals surface area contributed by atoms with Gasteiger partial charge >= 0.3 is 5.97 Å². The number of hydrogen-bond donors (Lipinski definition) is 1. The molecule has 0 unspecified atom stereocenters. The Balaban J connectivity index is 2.60. The maximum Gasteiger partial charge on any atom is 0.331 e. The highest BCUT2D eigenvalue weighted by atomic mass is 16.5. The molecular formula is C24H36O3. The summed E-state index contributed by atoms with van der Waals surface area (Å²) in [6.07, 6.45) is 16.9. The summed E-state index contributed by atoms with van der Waals surface area (Å²) in [6.45, 7) is 11.3. The van der Waals surface area contributed by atoms with Crippen LogP contribution in [0.3, 0.4) is 0 Å². The van der Waals surface area contributed by atoms with Gasteiger partial charge in [0.25, 0.3) is 0 Å². The van der Waals surface area contributed by atoms with Crippen LogP contribution in [-0.2, 0) is 9.53 Å². The minimum absolute atomic E-state index is 0.129. The Labute approximate surface area is 165 Å². The molecule has 0 aromatic carbocycles. The zero-order valence-corrected chi connectivity index (χ0v) is 17.7. The van der Waals surface area contributed by atoms with E-state index >= 15 is 0 Å². The fourth-order valence-corrected chi connectivity index (χ4v) is 3.29. The Morgan fingerprint density at radius 2 is 1.93 bits per heavy atom. The molecule has 1 N–H and O–H groups in total. The van der Waals surface area contributed by atoms with Crippen molar-refractivity contribution in [2.24, 2.45) is 5.41 Å². The van der Waals surface area contributed by atoms with Crippen molar-refractivity contribution in [3.05, 3.63) is 58.7 Å². The Hall–Kier alpha value is -1.87.